The Kier molecular flexibility index (Phi) is 12.1. The molecule has 1 saturated heterocycles. The van der Waals surface area contributed by atoms with Crippen molar-refractivity contribution < 1.29 is 52.4 Å². The Balaban J connectivity index is 1.85. The van der Waals surface area contributed by atoms with Gasteiger partial charge in [0.05, 0.1) is 18.9 Å². The fourth-order valence-electron chi connectivity index (χ4n) is 4.18. The van der Waals surface area contributed by atoms with Crippen molar-refractivity contribution in [3.05, 3.63) is 53.9 Å². The lowest BCUT2D eigenvalue weighted by Crippen LogP contribution is -2.47. The summed E-state index contributed by atoms with van der Waals surface area (Å²) in [6.07, 6.45) is -0.811. The number of amides is 1. The van der Waals surface area contributed by atoms with E-state index in [4.69, 9.17) is 28.4 Å². The maximum atomic E-state index is 13.4. The van der Waals surface area contributed by atoms with Crippen molar-refractivity contribution in [2.45, 2.75) is 59.3 Å². The van der Waals surface area contributed by atoms with Crippen LogP contribution in [0.5, 0.6) is 11.5 Å². The van der Waals surface area contributed by atoms with Crippen molar-refractivity contribution in [1.29, 1.82) is 0 Å². The predicted molar refractivity (Wildman–Crippen MR) is 153 cm³/mol. The SMILES string of the molecule is COc1ccnc(C(=O)N[C@@H]2COC(=O)[C@H](Cc3ccccc3)[C@@H](OC(=O)C(C)C)[C@@H](C)OC2=O)c1OCOC(=O)C(C)C. The van der Waals surface area contributed by atoms with Gasteiger partial charge in [-0.3, -0.25) is 19.2 Å². The van der Waals surface area contributed by atoms with Crippen LogP contribution in [0.1, 0.15) is 50.7 Å². The first-order valence-electron chi connectivity index (χ1n) is 14.2. The molecular formula is C31H38N2O11. The third-order valence-electron chi connectivity index (χ3n) is 6.65. The van der Waals surface area contributed by atoms with Gasteiger partial charge in [-0.15, -0.1) is 0 Å². The van der Waals surface area contributed by atoms with E-state index < -0.39 is 79.2 Å². The maximum absolute atomic E-state index is 13.4. The summed E-state index contributed by atoms with van der Waals surface area (Å²) >= 11 is 0. The van der Waals surface area contributed by atoms with Gasteiger partial charge in [-0.25, -0.2) is 9.78 Å². The quantitative estimate of drug-likeness (QED) is 0.224. The molecule has 0 aliphatic carbocycles. The van der Waals surface area contributed by atoms with Crippen LogP contribution in [-0.4, -0.2) is 73.5 Å². The highest BCUT2D eigenvalue weighted by Crippen LogP contribution is 2.30. The number of rotatable bonds is 11. The van der Waals surface area contributed by atoms with Gasteiger partial charge in [-0.05, 0) is 18.9 Å². The van der Waals surface area contributed by atoms with Crippen molar-refractivity contribution in [2.24, 2.45) is 17.8 Å². The first-order chi connectivity index (χ1) is 20.9. The third kappa shape index (κ3) is 8.91. The molecule has 1 fully saturated rings. The molecule has 1 N–H and O–H groups in total. The second-order valence-corrected chi connectivity index (χ2v) is 10.7. The first kappa shape index (κ1) is 33.8. The Morgan fingerprint density at radius 3 is 2.32 bits per heavy atom. The van der Waals surface area contributed by atoms with Crippen LogP contribution >= 0.6 is 0 Å². The molecule has 238 valence electrons. The van der Waals surface area contributed by atoms with Crippen LogP contribution in [0.15, 0.2) is 42.6 Å². The molecule has 0 spiro atoms. The molecule has 0 saturated carbocycles. The first-order valence-corrected chi connectivity index (χ1v) is 14.2. The van der Waals surface area contributed by atoms with Crippen LogP contribution in [-0.2, 0) is 44.5 Å². The average Bonchev–Trinajstić information content (AvgIpc) is 3.03. The lowest BCUT2D eigenvalue weighted by molar-refractivity contribution is -0.176. The summed E-state index contributed by atoms with van der Waals surface area (Å²) in [6, 6.07) is 9.03. The van der Waals surface area contributed by atoms with E-state index in [1.807, 2.05) is 18.2 Å². The Morgan fingerprint density at radius 2 is 1.68 bits per heavy atom. The van der Waals surface area contributed by atoms with E-state index in [2.05, 4.69) is 10.3 Å². The van der Waals surface area contributed by atoms with Crippen molar-refractivity contribution in [1.82, 2.24) is 10.3 Å². The largest absolute Gasteiger partial charge is 0.493 e. The number of nitrogens with one attached hydrogen (secondary N) is 1. The van der Waals surface area contributed by atoms with Crippen LogP contribution in [0.4, 0.5) is 0 Å². The summed E-state index contributed by atoms with van der Waals surface area (Å²) in [4.78, 5) is 68.5. The van der Waals surface area contributed by atoms with Crippen LogP contribution in [0.25, 0.3) is 0 Å². The lowest BCUT2D eigenvalue weighted by atomic mass is 9.91. The molecule has 13 nitrogen and oxygen atoms in total. The predicted octanol–water partition coefficient (Wildman–Crippen LogP) is 2.64. The molecule has 0 bridgehead atoms. The number of cyclic esters (lactones) is 2. The summed E-state index contributed by atoms with van der Waals surface area (Å²) < 4.78 is 32.6. The van der Waals surface area contributed by atoms with Crippen LogP contribution < -0.4 is 14.8 Å². The van der Waals surface area contributed by atoms with Crippen molar-refractivity contribution in [3.63, 3.8) is 0 Å². The standard InChI is InChI=1S/C31H38N2O11/c1-17(2)28(35)42-16-41-26-23(39-6)12-13-32-24(26)27(34)33-22-15-40-30(37)21(14-20-10-8-7-9-11-20)25(19(5)43-31(22)38)44-29(36)18(3)4/h7-13,17-19,21-22,25H,14-16H2,1-6H3,(H,33,34)/t19-,21-,22-,25+/m1/s1. The molecule has 1 aromatic heterocycles. The molecule has 2 aromatic rings. The van der Waals surface area contributed by atoms with Gasteiger partial charge in [0.15, 0.2) is 29.3 Å². The molecule has 4 atom stereocenters. The number of aromatic nitrogens is 1. The fourth-order valence-corrected chi connectivity index (χ4v) is 4.18. The molecule has 44 heavy (non-hydrogen) atoms. The molecular weight excluding hydrogens is 576 g/mol. The topological polar surface area (TPSA) is 166 Å². The third-order valence-corrected chi connectivity index (χ3v) is 6.65. The molecule has 0 unspecified atom stereocenters. The number of carbonyl (C=O) groups is 5. The van der Waals surface area contributed by atoms with Gasteiger partial charge in [0.25, 0.3) is 5.91 Å². The normalized spacial score (nSPS) is 20.4. The summed E-state index contributed by atoms with van der Waals surface area (Å²) in [7, 11) is 1.34. The number of carbonyl (C=O) groups excluding carboxylic acids is 5. The second kappa shape index (κ2) is 15.7. The Labute approximate surface area is 255 Å². The van der Waals surface area contributed by atoms with E-state index in [0.717, 1.165) is 5.56 Å². The van der Waals surface area contributed by atoms with Crippen molar-refractivity contribution in [3.8, 4) is 11.5 Å². The molecule has 3 rings (SSSR count). The van der Waals surface area contributed by atoms with Crippen LogP contribution in [0.3, 0.4) is 0 Å². The van der Waals surface area contributed by atoms with Gasteiger partial charge in [0, 0.05) is 12.3 Å². The smallest absolute Gasteiger partial charge is 0.332 e. The van der Waals surface area contributed by atoms with Gasteiger partial charge in [-0.1, -0.05) is 58.0 Å². The molecule has 0 radical (unpaired) electrons. The lowest BCUT2D eigenvalue weighted by Gasteiger charge is -2.29. The number of ether oxygens (including phenoxy) is 6. The minimum Gasteiger partial charge on any atom is -0.493 e. The zero-order chi connectivity index (χ0) is 32.4. The van der Waals surface area contributed by atoms with Crippen molar-refractivity contribution >= 4 is 29.8 Å². The monoisotopic (exact) mass is 614 g/mol. The molecule has 1 aliphatic rings. The minimum atomic E-state index is -1.45. The summed E-state index contributed by atoms with van der Waals surface area (Å²) in [5.41, 5.74) is 0.487. The number of hydrogen-bond donors (Lipinski definition) is 1. The van der Waals surface area contributed by atoms with E-state index in [1.54, 1.807) is 39.8 Å². The molecule has 1 amide bonds. The Hall–Kier alpha value is -4.68. The molecule has 13 heteroatoms. The summed E-state index contributed by atoms with van der Waals surface area (Å²) in [5.74, 6) is -5.61. The van der Waals surface area contributed by atoms with Gasteiger partial charge in [-0.2, -0.15) is 0 Å². The van der Waals surface area contributed by atoms with E-state index in [9.17, 15) is 24.0 Å². The second-order valence-electron chi connectivity index (χ2n) is 10.7. The maximum Gasteiger partial charge on any atom is 0.332 e. The average molecular weight is 615 g/mol. The summed E-state index contributed by atoms with van der Waals surface area (Å²) in [6.45, 7) is 6.98. The zero-order valence-corrected chi connectivity index (χ0v) is 25.6. The number of nitrogens with zero attached hydrogens (tertiary/aromatic N) is 1. The van der Waals surface area contributed by atoms with Gasteiger partial charge in [0.2, 0.25) is 6.79 Å². The Morgan fingerprint density at radius 1 is 1.00 bits per heavy atom. The van der Waals surface area contributed by atoms with Gasteiger partial charge in [0.1, 0.15) is 18.6 Å². The van der Waals surface area contributed by atoms with Crippen LogP contribution in [0.2, 0.25) is 0 Å². The Bertz CT molecular complexity index is 1330. The van der Waals surface area contributed by atoms with Gasteiger partial charge < -0.3 is 33.7 Å². The van der Waals surface area contributed by atoms with Crippen LogP contribution in [0, 0.1) is 17.8 Å². The number of esters is 4. The highest BCUT2D eigenvalue weighted by atomic mass is 16.7. The number of pyridine rings is 1. The fraction of sp³-hybridized carbons (Fsp3) is 0.484. The molecule has 1 aromatic carbocycles. The number of hydrogen-bond acceptors (Lipinski definition) is 12. The highest BCUT2D eigenvalue weighted by molar-refractivity contribution is 5.98. The van der Waals surface area contributed by atoms with Crippen molar-refractivity contribution in [2.75, 3.05) is 20.5 Å². The highest BCUT2D eigenvalue weighted by Gasteiger charge is 2.42. The van der Waals surface area contributed by atoms with Gasteiger partial charge >= 0.3 is 23.9 Å². The molecule has 1 aliphatic heterocycles. The van der Waals surface area contributed by atoms with E-state index in [-0.39, 0.29) is 23.6 Å². The number of benzene rings is 1. The number of methoxy groups -OCH3 is 1. The van der Waals surface area contributed by atoms with E-state index >= 15 is 0 Å². The zero-order valence-electron chi connectivity index (χ0n) is 25.6. The summed E-state index contributed by atoms with van der Waals surface area (Å²) in [5, 5.41) is 2.46. The van der Waals surface area contributed by atoms with E-state index in [1.165, 1.54) is 26.3 Å². The molecule has 2 heterocycles. The minimum absolute atomic E-state index is 0.112. The van der Waals surface area contributed by atoms with E-state index in [0.29, 0.717) is 0 Å².